The summed E-state index contributed by atoms with van der Waals surface area (Å²) in [5.41, 5.74) is 4.08. The van der Waals surface area contributed by atoms with E-state index in [4.69, 9.17) is 35.5 Å². The fraction of sp³-hybridized carbons (Fsp3) is 0.424. The first-order chi connectivity index (χ1) is 21.4. The highest BCUT2D eigenvalue weighted by atomic mass is 35.5. The van der Waals surface area contributed by atoms with Gasteiger partial charge in [-0.25, -0.2) is 9.78 Å². The van der Waals surface area contributed by atoms with E-state index in [2.05, 4.69) is 25.4 Å². The second-order valence-corrected chi connectivity index (χ2v) is 12.5. The minimum atomic E-state index is -1.03. The first-order valence-corrected chi connectivity index (χ1v) is 15.6. The van der Waals surface area contributed by atoms with Crippen LogP contribution in [0.15, 0.2) is 54.7 Å². The van der Waals surface area contributed by atoms with Crippen LogP contribution in [-0.4, -0.2) is 70.4 Å². The van der Waals surface area contributed by atoms with Crippen molar-refractivity contribution in [1.82, 2.24) is 19.4 Å². The van der Waals surface area contributed by atoms with E-state index in [1.165, 1.54) is 7.11 Å². The number of piperazine rings is 1. The van der Waals surface area contributed by atoms with Crippen LogP contribution in [0, 0.1) is 0 Å². The summed E-state index contributed by atoms with van der Waals surface area (Å²) in [6.07, 6.45) is 5.04. The van der Waals surface area contributed by atoms with Gasteiger partial charge in [0.05, 0.1) is 53.6 Å². The van der Waals surface area contributed by atoms with E-state index in [0.717, 1.165) is 86.1 Å². The number of esters is 1. The van der Waals surface area contributed by atoms with Crippen LogP contribution >= 0.6 is 11.6 Å². The molecule has 5 heterocycles. The minimum absolute atomic E-state index is 0.164. The molecule has 10 nitrogen and oxygen atoms in total. The van der Waals surface area contributed by atoms with Crippen LogP contribution in [-0.2, 0) is 28.4 Å². The molecule has 0 amide bonds. The largest absolute Gasteiger partial charge is 0.465 e. The highest BCUT2D eigenvalue weighted by Gasteiger charge is 2.47. The fourth-order valence-corrected chi connectivity index (χ4v) is 7.07. The molecule has 3 aliphatic heterocycles. The molecule has 3 fully saturated rings. The number of rotatable bonds is 7. The van der Waals surface area contributed by atoms with Gasteiger partial charge in [0.2, 0.25) is 0 Å². The van der Waals surface area contributed by atoms with Crippen LogP contribution in [0.2, 0.25) is 5.02 Å². The molecule has 1 unspecified atom stereocenters. The zero-order valence-electron chi connectivity index (χ0n) is 24.7. The van der Waals surface area contributed by atoms with Crippen LogP contribution in [0.3, 0.4) is 0 Å². The van der Waals surface area contributed by atoms with Gasteiger partial charge in [0.25, 0.3) is 5.79 Å². The smallest absolute Gasteiger partial charge is 0.337 e. The maximum Gasteiger partial charge on any atom is 0.337 e. The number of anilines is 1. The van der Waals surface area contributed by atoms with Gasteiger partial charge in [-0.15, -0.1) is 0 Å². The second-order valence-electron chi connectivity index (χ2n) is 12.1. The van der Waals surface area contributed by atoms with Crippen molar-refractivity contribution in [2.75, 3.05) is 31.7 Å². The molecule has 2 aromatic heterocycles. The van der Waals surface area contributed by atoms with Gasteiger partial charge < -0.3 is 28.4 Å². The number of methoxy groups -OCH3 is 1. The van der Waals surface area contributed by atoms with Crippen LogP contribution in [0.25, 0.3) is 11.0 Å². The summed E-state index contributed by atoms with van der Waals surface area (Å²) in [6.45, 7) is 5.88. The van der Waals surface area contributed by atoms with Crippen molar-refractivity contribution < 1.29 is 23.7 Å². The summed E-state index contributed by atoms with van der Waals surface area (Å²) < 4.78 is 25.9. The molecule has 228 valence electrons. The molecule has 4 aliphatic rings. The number of hydrogen-bond acceptors (Lipinski definition) is 9. The van der Waals surface area contributed by atoms with E-state index in [0.29, 0.717) is 28.4 Å². The first-order valence-electron chi connectivity index (χ1n) is 15.2. The van der Waals surface area contributed by atoms with Crippen LogP contribution in [0.4, 0.5) is 5.69 Å². The van der Waals surface area contributed by atoms with Crippen molar-refractivity contribution in [3.8, 4) is 11.5 Å². The van der Waals surface area contributed by atoms with Gasteiger partial charge in [-0.3, -0.25) is 9.88 Å². The molecular formula is C33H34ClN5O5. The van der Waals surface area contributed by atoms with Crippen LogP contribution in [0.1, 0.15) is 48.1 Å². The molecule has 0 bridgehead atoms. The summed E-state index contributed by atoms with van der Waals surface area (Å²) in [7, 11) is 1.41. The number of carbonyl (C=O) groups excluding carboxylic acids is 1. The summed E-state index contributed by atoms with van der Waals surface area (Å²) in [4.78, 5) is 26.9. The lowest BCUT2D eigenvalue weighted by molar-refractivity contribution is -0.0717. The molecule has 0 radical (unpaired) electrons. The van der Waals surface area contributed by atoms with Gasteiger partial charge in [0, 0.05) is 44.9 Å². The van der Waals surface area contributed by atoms with Gasteiger partial charge in [-0.05, 0) is 61.7 Å². The number of ether oxygens (including phenoxy) is 4. The number of pyridine rings is 1. The van der Waals surface area contributed by atoms with Crippen LogP contribution in [0.5, 0.6) is 11.5 Å². The number of halogens is 1. The molecule has 4 atom stereocenters. The Morgan fingerprint density at radius 1 is 1.09 bits per heavy atom. The maximum absolute atomic E-state index is 12.3. The highest BCUT2D eigenvalue weighted by Crippen LogP contribution is 2.51. The maximum atomic E-state index is 12.3. The third-order valence-electron chi connectivity index (χ3n) is 9.53. The number of fused-ring (bicyclic) bond motifs is 3. The third kappa shape index (κ3) is 4.58. The van der Waals surface area contributed by atoms with E-state index >= 15 is 0 Å². The highest BCUT2D eigenvalue weighted by molar-refractivity contribution is 6.30. The van der Waals surface area contributed by atoms with E-state index in [1.54, 1.807) is 18.3 Å². The predicted molar refractivity (Wildman–Crippen MR) is 164 cm³/mol. The van der Waals surface area contributed by atoms with Crippen molar-refractivity contribution in [1.29, 1.82) is 0 Å². The zero-order valence-corrected chi connectivity index (χ0v) is 25.5. The Kier molecular flexibility index (Phi) is 6.69. The summed E-state index contributed by atoms with van der Waals surface area (Å²) in [6, 6.07) is 16.1. The Morgan fingerprint density at radius 2 is 1.95 bits per heavy atom. The van der Waals surface area contributed by atoms with Gasteiger partial charge in [-0.2, -0.15) is 0 Å². The molecule has 1 aliphatic carbocycles. The first kappa shape index (κ1) is 27.7. The van der Waals surface area contributed by atoms with Crippen molar-refractivity contribution in [3.05, 3.63) is 76.8 Å². The Morgan fingerprint density at radius 3 is 2.68 bits per heavy atom. The molecule has 44 heavy (non-hydrogen) atoms. The molecule has 4 aromatic rings. The molecule has 0 N–H and O–H groups in total. The summed E-state index contributed by atoms with van der Waals surface area (Å²) in [5.74, 6) is 1.11. The number of imidazole rings is 1. The quantitative estimate of drug-likeness (QED) is 0.262. The third-order valence-corrected chi connectivity index (χ3v) is 9.76. The zero-order chi connectivity index (χ0) is 30.0. The fourth-order valence-electron chi connectivity index (χ4n) is 6.96. The van der Waals surface area contributed by atoms with Gasteiger partial charge >= 0.3 is 5.97 Å². The van der Waals surface area contributed by atoms with Gasteiger partial charge in [0.1, 0.15) is 11.5 Å². The summed E-state index contributed by atoms with van der Waals surface area (Å²) >= 11 is 6.08. The molecule has 2 saturated heterocycles. The minimum Gasteiger partial charge on any atom is -0.465 e. The topological polar surface area (TPSA) is 91.2 Å². The number of hydrogen-bond donors (Lipinski definition) is 0. The van der Waals surface area contributed by atoms with Gasteiger partial charge in [0.15, 0.2) is 11.5 Å². The molecule has 8 rings (SSSR count). The lowest BCUT2D eigenvalue weighted by Gasteiger charge is -2.54. The Balaban J connectivity index is 1.04. The van der Waals surface area contributed by atoms with Crippen molar-refractivity contribution >= 4 is 34.3 Å². The van der Waals surface area contributed by atoms with E-state index in [9.17, 15) is 4.79 Å². The van der Waals surface area contributed by atoms with E-state index < -0.39 is 5.79 Å². The monoisotopic (exact) mass is 615 g/mol. The second kappa shape index (κ2) is 10.6. The molecule has 11 heteroatoms. The van der Waals surface area contributed by atoms with Crippen molar-refractivity contribution in [3.63, 3.8) is 0 Å². The summed E-state index contributed by atoms with van der Waals surface area (Å²) in [5, 5.41) is 0.570. The lowest BCUT2D eigenvalue weighted by Crippen LogP contribution is -2.64. The molecule has 2 aromatic carbocycles. The normalized spacial score (nSPS) is 25.8. The predicted octanol–water partition coefficient (Wildman–Crippen LogP) is 5.16. The Bertz CT molecular complexity index is 1740. The number of carbonyl (C=O) groups is 1. The number of para-hydroxylation sites is 1. The Hall–Kier alpha value is -3.86. The Labute approximate surface area is 260 Å². The average Bonchev–Trinajstić information content (AvgIpc) is 3.52. The van der Waals surface area contributed by atoms with Crippen molar-refractivity contribution in [2.45, 2.75) is 63.3 Å². The van der Waals surface area contributed by atoms with Crippen molar-refractivity contribution in [2.24, 2.45) is 0 Å². The SMILES string of the molecule is COC(=O)c1ccc2nc(CN3CCN(c4cccc5c4OC(C)(c4ccc(Cl)cn4)O5)[C@@H]4CC[C@H]43)n(C[C@@H]3CCO3)c2c1. The average molecular weight is 616 g/mol. The number of nitrogens with zero attached hydrogens (tertiary/aromatic N) is 5. The molecular weight excluding hydrogens is 582 g/mol. The molecule has 1 saturated carbocycles. The van der Waals surface area contributed by atoms with E-state index in [1.807, 2.05) is 37.3 Å². The molecule has 0 spiro atoms. The number of benzene rings is 2. The van der Waals surface area contributed by atoms with Crippen LogP contribution < -0.4 is 14.4 Å². The standard InChI is InChI=1S/C33H34ClN5O5/c1-33(29-11-7-21(34)17-35-29)43-28-5-3-4-26(31(28)44-33)38-14-13-37(24-9-10-25(24)38)19-30-36-23-8-6-20(32(40)41-2)16-27(23)39(30)18-22-12-15-42-22/h3-8,11,16-17,22,24-25H,9-10,12-15,18-19H2,1-2H3/t22-,24+,25+,33?/m0/s1. The lowest BCUT2D eigenvalue weighted by atomic mass is 9.81. The van der Waals surface area contributed by atoms with E-state index in [-0.39, 0.29) is 12.1 Å². The van der Waals surface area contributed by atoms with Gasteiger partial charge in [-0.1, -0.05) is 17.7 Å². The number of aromatic nitrogens is 3.